The van der Waals surface area contributed by atoms with Crippen LogP contribution in [0, 0.1) is 5.82 Å². The number of halogens is 2. The summed E-state index contributed by atoms with van der Waals surface area (Å²) in [6.45, 7) is 0. The molecule has 0 spiro atoms. The van der Waals surface area contributed by atoms with Crippen molar-refractivity contribution in [2.24, 2.45) is 5.73 Å². The van der Waals surface area contributed by atoms with Crippen LogP contribution in [0.3, 0.4) is 0 Å². The second-order valence-electron chi connectivity index (χ2n) is 9.30. The molecule has 3 aromatic carbocycles. The fourth-order valence-electron chi connectivity index (χ4n) is 4.43. The number of nitrogens with one attached hydrogen (secondary N) is 2. The quantitative estimate of drug-likeness (QED) is 0.215. The lowest BCUT2D eigenvalue weighted by Crippen LogP contribution is -2.33. The molecule has 7 nitrogen and oxygen atoms in total. The zero-order valence-electron chi connectivity index (χ0n) is 20.8. The lowest BCUT2D eigenvalue weighted by Gasteiger charge is -2.26. The van der Waals surface area contributed by atoms with Crippen molar-refractivity contribution in [3.8, 4) is 11.3 Å². The van der Waals surface area contributed by atoms with Gasteiger partial charge in [0.05, 0.1) is 16.4 Å². The van der Waals surface area contributed by atoms with Crippen molar-refractivity contribution in [1.82, 2.24) is 9.97 Å². The van der Waals surface area contributed by atoms with Crippen molar-refractivity contribution >= 4 is 45.0 Å². The maximum atomic E-state index is 15.2. The minimum Gasteiger partial charge on any atom is -0.351 e. The number of benzene rings is 3. The molecule has 0 radical (unpaired) electrons. The fraction of sp³-hybridized carbons (Fsp3) is 0.214. The van der Waals surface area contributed by atoms with Crippen molar-refractivity contribution in [2.75, 3.05) is 10.0 Å². The fourth-order valence-corrected chi connectivity index (χ4v) is 6.96. The van der Waals surface area contributed by atoms with Crippen LogP contribution >= 0.6 is 23.4 Å². The summed E-state index contributed by atoms with van der Waals surface area (Å²) in [5.41, 5.74) is 7.67. The predicted molar refractivity (Wildman–Crippen MR) is 154 cm³/mol. The van der Waals surface area contributed by atoms with Gasteiger partial charge in [-0.05, 0) is 68.1 Å². The highest BCUT2D eigenvalue weighted by Crippen LogP contribution is 2.37. The summed E-state index contributed by atoms with van der Waals surface area (Å²) < 4.78 is 43.0. The van der Waals surface area contributed by atoms with Crippen LogP contribution in [0.25, 0.3) is 11.3 Å². The van der Waals surface area contributed by atoms with Crippen LogP contribution in [0.4, 0.5) is 16.0 Å². The van der Waals surface area contributed by atoms with Crippen molar-refractivity contribution in [3.05, 3.63) is 89.8 Å². The summed E-state index contributed by atoms with van der Waals surface area (Å²) in [6, 6.07) is 20.3. The summed E-state index contributed by atoms with van der Waals surface area (Å²) in [7, 11) is -3.97. The van der Waals surface area contributed by atoms with Gasteiger partial charge in [0.2, 0.25) is 5.95 Å². The molecule has 1 aliphatic rings. The van der Waals surface area contributed by atoms with E-state index in [-0.39, 0.29) is 27.7 Å². The zero-order chi connectivity index (χ0) is 27.4. The van der Waals surface area contributed by atoms with Crippen LogP contribution in [0.1, 0.15) is 25.7 Å². The van der Waals surface area contributed by atoms with Crippen LogP contribution in [0.2, 0.25) is 5.02 Å². The van der Waals surface area contributed by atoms with Crippen molar-refractivity contribution in [1.29, 1.82) is 0 Å². The Kier molecular flexibility index (Phi) is 8.37. The van der Waals surface area contributed by atoms with Gasteiger partial charge in [-0.3, -0.25) is 4.72 Å². The Bertz CT molecular complexity index is 1580. The average molecular weight is 584 g/mol. The highest BCUT2D eigenvalue weighted by atomic mass is 35.5. The number of hydrogen-bond acceptors (Lipinski definition) is 7. The number of sulfonamides is 1. The molecule has 0 atom stereocenters. The number of aromatic nitrogens is 2. The van der Waals surface area contributed by atoms with E-state index in [1.807, 2.05) is 30.3 Å². The Morgan fingerprint density at radius 1 is 0.949 bits per heavy atom. The molecule has 202 valence electrons. The predicted octanol–water partition coefficient (Wildman–Crippen LogP) is 6.57. The van der Waals surface area contributed by atoms with Gasteiger partial charge in [-0.25, -0.2) is 22.8 Å². The Labute approximate surface area is 236 Å². The maximum Gasteiger partial charge on any atom is 0.263 e. The van der Waals surface area contributed by atoms with E-state index >= 15 is 4.39 Å². The number of anilines is 2. The number of nitrogens with two attached hydrogens (primary N) is 1. The SMILES string of the molecule is NC1CCC(Nc2nccc(-c3ccccc3Sc3ccc(NS(=O)(=O)c4ccccc4Cl)cc3F)n2)CC1. The van der Waals surface area contributed by atoms with Gasteiger partial charge < -0.3 is 11.1 Å². The molecule has 5 rings (SSSR count). The van der Waals surface area contributed by atoms with E-state index in [4.69, 9.17) is 22.3 Å². The monoisotopic (exact) mass is 583 g/mol. The van der Waals surface area contributed by atoms with Gasteiger partial charge in [-0.2, -0.15) is 0 Å². The van der Waals surface area contributed by atoms with Gasteiger partial charge in [0.25, 0.3) is 10.0 Å². The average Bonchev–Trinajstić information content (AvgIpc) is 2.92. The molecule has 0 bridgehead atoms. The van der Waals surface area contributed by atoms with E-state index in [0.29, 0.717) is 16.5 Å². The minimum absolute atomic E-state index is 0.0785. The topological polar surface area (TPSA) is 110 Å². The highest BCUT2D eigenvalue weighted by molar-refractivity contribution is 7.99. The molecule has 1 saturated carbocycles. The van der Waals surface area contributed by atoms with Gasteiger partial charge in [0.1, 0.15) is 10.7 Å². The molecule has 1 fully saturated rings. The molecular formula is C28H27ClFN5O2S2. The van der Waals surface area contributed by atoms with Crippen molar-refractivity contribution in [3.63, 3.8) is 0 Å². The molecule has 39 heavy (non-hydrogen) atoms. The maximum absolute atomic E-state index is 15.2. The standard InChI is InChI=1S/C28H27ClFN5O2S2/c29-22-6-2-4-8-27(22)39(36,37)35-20-13-14-26(23(30)17-20)38-25-7-3-1-5-21(25)24-15-16-32-28(34-24)33-19-11-9-18(31)10-12-19/h1-8,13-19,35H,9-12,31H2,(H,32,33,34). The zero-order valence-corrected chi connectivity index (χ0v) is 23.2. The Morgan fingerprint density at radius 2 is 1.69 bits per heavy atom. The highest BCUT2D eigenvalue weighted by Gasteiger charge is 2.20. The van der Waals surface area contributed by atoms with E-state index in [2.05, 4.69) is 15.0 Å². The van der Waals surface area contributed by atoms with Gasteiger partial charge in [-0.1, -0.05) is 53.7 Å². The first-order valence-electron chi connectivity index (χ1n) is 12.5. The lowest BCUT2D eigenvalue weighted by atomic mass is 9.92. The molecule has 1 aliphatic carbocycles. The third-order valence-corrected chi connectivity index (χ3v) is 9.46. The summed E-state index contributed by atoms with van der Waals surface area (Å²) in [6.07, 6.45) is 5.61. The van der Waals surface area contributed by atoms with Gasteiger partial charge in [0.15, 0.2) is 0 Å². The molecule has 11 heteroatoms. The van der Waals surface area contributed by atoms with Crippen LogP contribution in [0.5, 0.6) is 0 Å². The van der Waals surface area contributed by atoms with E-state index in [9.17, 15) is 8.42 Å². The third-order valence-electron chi connectivity index (χ3n) is 6.45. The van der Waals surface area contributed by atoms with E-state index in [0.717, 1.165) is 42.2 Å². The molecule has 0 saturated heterocycles. The molecule has 4 N–H and O–H groups in total. The van der Waals surface area contributed by atoms with Crippen LogP contribution < -0.4 is 15.8 Å². The van der Waals surface area contributed by atoms with E-state index < -0.39 is 15.8 Å². The van der Waals surface area contributed by atoms with Crippen LogP contribution in [-0.4, -0.2) is 30.5 Å². The second kappa shape index (κ2) is 11.9. The lowest BCUT2D eigenvalue weighted by molar-refractivity contribution is 0.410. The van der Waals surface area contributed by atoms with E-state index in [1.54, 1.807) is 24.4 Å². The molecule has 1 aromatic heterocycles. The smallest absolute Gasteiger partial charge is 0.263 e. The molecule has 0 aliphatic heterocycles. The first-order valence-corrected chi connectivity index (χ1v) is 15.2. The first kappa shape index (κ1) is 27.4. The third kappa shape index (κ3) is 6.70. The summed E-state index contributed by atoms with van der Waals surface area (Å²) >= 11 is 7.27. The van der Waals surface area contributed by atoms with Crippen molar-refractivity contribution in [2.45, 2.75) is 52.5 Å². The number of rotatable bonds is 8. The Balaban J connectivity index is 1.34. The Morgan fingerprint density at radius 3 is 2.46 bits per heavy atom. The van der Waals surface area contributed by atoms with Crippen LogP contribution in [-0.2, 0) is 10.0 Å². The van der Waals surface area contributed by atoms with E-state index in [1.165, 1.54) is 30.0 Å². The normalized spacial score (nSPS) is 17.5. The molecule has 1 heterocycles. The molecular weight excluding hydrogens is 557 g/mol. The largest absolute Gasteiger partial charge is 0.351 e. The molecule has 0 amide bonds. The summed E-state index contributed by atoms with van der Waals surface area (Å²) in [4.78, 5) is 10.2. The van der Waals surface area contributed by atoms with Crippen LogP contribution in [0.15, 0.2) is 93.7 Å². The Hall–Kier alpha value is -3.18. The van der Waals surface area contributed by atoms with Crippen molar-refractivity contribution < 1.29 is 12.8 Å². The molecule has 0 unspecified atom stereocenters. The molecule has 4 aromatic rings. The number of nitrogens with zero attached hydrogens (tertiary/aromatic N) is 2. The van der Waals surface area contributed by atoms with Gasteiger partial charge in [-0.15, -0.1) is 0 Å². The second-order valence-corrected chi connectivity index (χ2v) is 12.4. The van der Waals surface area contributed by atoms with Gasteiger partial charge in [0, 0.05) is 33.6 Å². The number of hydrogen-bond donors (Lipinski definition) is 3. The first-order chi connectivity index (χ1) is 18.8. The summed E-state index contributed by atoms with van der Waals surface area (Å²) in [5, 5.41) is 3.50. The minimum atomic E-state index is -3.97. The van der Waals surface area contributed by atoms with Gasteiger partial charge >= 0.3 is 0 Å². The summed E-state index contributed by atoms with van der Waals surface area (Å²) in [5.74, 6) is -0.0103.